The number of piperidine rings is 1. The second kappa shape index (κ2) is 9.69. The van der Waals surface area contributed by atoms with Crippen molar-refractivity contribution in [2.75, 3.05) is 26.2 Å². The number of benzene rings is 2. The van der Waals surface area contributed by atoms with Gasteiger partial charge in [0, 0.05) is 38.8 Å². The van der Waals surface area contributed by atoms with E-state index >= 15 is 0 Å². The first-order valence-corrected chi connectivity index (χ1v) is 12.6. The first-order valence-electron chi connectivity index (χ1n) is 10.8. The molecule has 1 N–H and O–H groups in total. The van der Waals surface area contributed by atoms with E-state index in [1.54, 1.807) is 0 Å². The molecule has 0 radical (unpaired) electrons. The van der Waals surface area contributed by atoms with Crippen LogP contribution in [0.2, 0.25) is 5.02 Å². The van der Waals surface area contributed by atoms with Gasteiger partial charge in [0.15, 0.2) is 0 Å². The summed E-state index contributed by atoms with van der Waals surface area (Å²) >= 11 is 6.27. The second-order valence-electron chi connectivity index (χ2n) is 8.29. The highest BCUT2D eigenvalue weighted by atomic mass is 35.5. The fraction of sp³-hybridized carbons (Fsp3) is 0.435. The molecule has 8 heteroatoms. The van der Waals surface area contributed by atoms with Crippen LogP contribution in [-0.2, 0) is 16.6 Å². The second-order valence-corrected chi connectivity index (χ2v) is 10.6. The predicted octanol–water partition coefficient (Wildman–Crippen LogP) is 3.52. The lowest BCUT2D eigenvalue weighted by molar-refractivity contribution is 0.0937. The highest BCUT2D eigenvalue weighted by Crippen LogP contribution is 2.25. The number of carbonyl (C=O) groups is 1. The van der Waals surface area contributed by atoms with Gasteiger partial charge in [-0.2, -0.15) is 4.31 Å². The molecule has 1 atom stereocenters. The Morgan fingerprint density at radius 2 is 1.77 bits per heavy atom. The Kier molecular flexibility index (Phi) is 6.96. The van der Waals surface area contributed by atoms with Crippen LogP contribution in [0, 0.1) is 0 Å². The van der Waals surface area contributed by atoms with E-state index in [0.29, 0.717) is 13.1 Å². The maximum absolute atomic E-state index is 13.0. The van der Waals surface area contributed by atoms with E-state index in [1.165, 1.54) is 28.1 Å². The van der Waals surface area contributed by atoms with E-state index in [0.717, 1.165) is 45.3 Å². The largest absolute Gasteiger partial charge is 0.348 e. The third-order valence-electron chi connectivity index (χ3n) is 5.99. The Labute approximate surface area is 189 Å². The maximum atomic E-state index is 13.0. The molecule has 2 heterocycles. The van der Waals surface area contributed by atoms with Crippen molar-refractivity contribution in [1.82, 2.24) is 14.5 Å². The van der Waals surface area contributed by atoms with Crippen molar-refractivity contribution in [1.29, 1.82) is 0 Å². The zero-order chi connectivity index (χ0) is 21.8. The summed E-state index contributed by atoms with van der Waals surface area (Å²) < 4.78 is 27.5. The monoisotopic (exact) mass is 461 g/mol. The summed E-state index contributed by atoms with van der Waals surface area (Å²) in [5.74, 6) is -0.327. The standard InChI is InChI=1S/C23H28ClN3O3S/c24-22-10-9-20(31(29,30)27-12-5-2-6-13-27)15-21(22)23(28)25-19-11-14-26(17-19)16-18-7-3-1-4-8-18/h1,3-4,7-10,15,19H,2,5-6,11-14,16-17H2,(H,25,28). The van der Waals surface area contributed by atoms with Crippen LogP contribution < -0.4 is 5.32 Å². The van der Waals surface area contributed by atoms with Crippen molar-refractivity contribution in [2.45, 2.75) is 43.2 Å². The number of halogens is 1. The summed E-state index contributed by atoms with van der Waals surface area (Å²) in [6.45, 7) is 3.54. The van der Waals surface area contributed by atoms with Gasteiger partial charge in [0.05, 0.1) is 15.5 Å². The molecule has 2 saturated heterocycles. The molecule has 6 nitrogen and oxygen atoms in total. The lowest BCUT2D eigenvalue weighted by Crippen LogP contribution is -2.37. The molecule has 0 aliphatic carbocycles. The first-order chi connectivity index (χ1) is 14.9. The number of nitrogens with one attached hydrogen (secondary N) is 1. The van der Waals surface area contributed by atoms with E-state index in [1.807, 2.05) is 18.2 Å². The maximum Gasteiger partial charge on any atom is 0.253 e. The van der Waals surface area contributed by atoms with Gasteiger partial charge in [-0.25, -0.2) is 8.42 Å². The van der Waals surface area contributed by atoms with Gasteiger partial charge in [-0.05, 0) is 43.0 Å². The van der Waals surface area contributed by atoms with Crippen LogP contribution in [0.1, 0.15) is 41.6 Å². The summed E-state index contributed by atoms with van der Waals surface area (Å²) in [6.07, 6.45) is 3.62. The van der Waals surface area contributed by atoms with Crippen LogP contribution in [0.3, 0.4) is 0 Å². The average Bonchev–Trinajstić information content (AvgIpc) is 3.21. The number of sulfonamides is 1. The number of amides is 1. The van der Waals surface area contributed by atoms with E-state index in [9.17, 15) is 13.2 Å². The van der Waals surface area contributed by atoms with Crippen LogP contribution in [0.25, 0.3) is 0 Å². The van der Waals surface area contributed by atoms with Crippen molar-refractivity contribution in [3.8, 4) is 0 Å². The van der Waals surface area contributed by atoms with Gasteiger partial charge in [0.25, 0.3) is 5.91 Å². The molecular formula is C23H28ClN3O3S. The summed E-state index contributed by atoms with van der Waals surface area (Å²) in [4.78, 5) is 15.4. The molecule has 0 saturated carbocycles. The van der Waals surface area contributed by atoms with Crippen molar-refractivity contribution in [3.05, 3.63) is 64.7 Å². The number of rotatable bonds is 6. The van der Waals surface area contributed by atoms with Gasteiger partial charge >= 0.3 is 0 Å². The van der Waals surface area contributed by atoms with Gasteiger partial charge in [-0.1, -0.05) is 48.4 Å². The molecule has 1 unspecified atom stereocenters. The van der Waals surface area contributed by atoms with E-state index in [-0.39, 0.29) is 27.4 Å². The van der Waals surface area contributed by atoms with Crippen molar-refractivity contribution >= 4 is 27.5 Å². The van der Waals surface area contributed by atoms with E-state index in [4.69, 9.17) is 11.6 Å². The molecule has 166 valence electrons. The minimum absolute atomic E-state index is 0.00892. The molecule has 2 aromatic carbocycles. The van der Waals surface area contributed by atoms with Crippen LogP contribution in [0.5, 0.6) is 0 Å². The van der Waals surface area contributed by atoms with Crippen molar-refractivity contribution in [2.24, 2.45) is 0 Å². The number of likely N-dealkylation sites (tertiary alicyclic amines) is 1. The van der Waals surface area contributed by atoms with Gasteiger partial charge in [-0.3, -0.25) is 9.69 Å². The minimum Gasteiger partial charge on any atom is -0.348 e. The normalized spacial score (nSPS) is 20.6. The lowest BCUT2D eigenvalue weighted by Gasteiger charge is -2.26. The van der Waals surface area contributed by atoms with Gasteiger partial charge in [-0.15, -0.1) is 0 Å². The summed E-state index contributed by atoms with van der Waals surface area (Å²) in [7, 11) is -3.62. The number of hydrogen-bond donors (Lipinski definition) is 1. The molecule has 4 rings (SSSR count). The molecule has 2 aliphatic heterocycles. The highest BCUT2D eigenvalue weighted by molar-refractivity contribution is 7.89. The van der Waals surface area contributed by atoms with E-state index in [2.05, 4.69) is 22.3 Å². The Balaban J connectivity index is 1.42. The lowest BCUT2D eigenvalue weighted by atomic mass is 10.2. The zero-order valence-electron chi connectivity index (χ0n) is 17.5. The topological polar surface area (TPSA) is 69.7 Å². The quantitative estimate of drug-likeness (QED) is 0.714. The Morgan fingerprint density at radius 1 is 1.03 bits per heavy atom. The number of hydrogen-bond acceptors (Lipinski definition) is 4. The average molecular weight is 462 g/mol. The molecule has 0 bridgehead atoms. The minimum atomic E-state index is -3.62. The molecule has 31 heavy (non-hydrogen) atoms. The molecule has 2 fully saturated rings. The fourth-order valence-electron chi connectivity index (χ4n) is 4.29. The smallest absolute Gasteiger partial charge is 0.253 e. The van der Waals surface area contributed by atoms with Gasteiger partial charge < -0.3 is 5.32 Å². The van der Waals surface area contributed by atoms with Gasteiger partial charge in [0.1, 0.15) is 0 Å². The third kappa shape index (κ3) is 5.29. The van der Waals surface area contributed by atoms with Crippen LogP contribution in [-0.4, -0.2) is 55.8 Å². The summed E-state index contributed by atoms with van der Waals surface area (Å²) in [6, 6.07) is 14.7. The van der Waals surface area contributed by atoms with Crippen LogP contribution in [0.15, 0.2) is 53.4 Å². The van der Waals surface area contributed by atoms with Crippen molar-refractivity contribution in [3.63, 3.8) is 0 Å². The Morgan fingerprint density at radius 3 is 2.52 bits per heavy atom. The Bertz CT molecular complexity index is 1020. The van der Waals surface area contributed by atoms with Crippen molar-refractivity contribution < 1.29 is 13.2 Å². The molecular weight excluding hydrogens is 434 g/mol. The predicted molar refractivity (Wildman–Crippen MR) is 122 cm³/mol. The SMILES string of the molecule is O=C(NC1CCN(Cc2ccccc2)C1)c1cc(S(=O)(=O)N2CCCCC2)ccc1Cl. The van der Waals surface area contributed by atoms with Crippen LogP contribution in [0.4, 0.5) is 0 Å². The molecule has 0 spiro atoms. The summed E-state index contributed by atoms with van der Waals surface area (Å²) in [5.41, 5.74) is 1.45. The molecule has 0 aromatic heterocycles. The fourth-order valence-corrected chi connectivity index (χ4v) is 6.04. The first kappa shape index (κ1) is 22.3. The van der Waals surface area contributed by atoms with Crippen LogP contribution >= 0.6 is 11.6 Å². The number of carbonyl (C=O) groups excluding carboxylic acids is 1. The molecule has 2 aromatic rings. The number of nitrogens with zero attached hydrogens (tertiary/aromatic N) is 2. The highest BCUT2D eigenvalue weighted by Gasteiger charge is 2.29. The third-order valence-corrected chi connectivity index (χ3v) is 8.22. The van der Waals surface area contributed by atoms with E-state index < -0.39 is 10.0 Å². The summed E-state index contributed by atoms with van der Waals surface area (Å²) in [5, 5.41) is 3.30. The van der Waals surface area contributed by atoms with Gasteiger partial charge in [0.2, 0.25) is 10.0 Å². The molecule has 1 amide bonds. The Hall–Kier alpha value is -1.93. The molecule has 2 aliphatic rings. The zero-order valence-corrected chi connectivity index (χ0v) is 19.0.